The van der Waals surface area contributed by atoms with Crippen LogP contribution in [0.4, 0.5) is 4.39 Å². The SMILES string of the molecule is COc1ccccc1-n1c(SCc2cccc(C(=O)NCc3ccc(F)cc3)c2)nnc1-c1cccnc1. The van der Waals surface area contributed by atoms with Crippen LogP contribution in [0.3, 0.4) is 0 Å². The Kier molecular flexibility index (Phi) is 7.75. The van der Waals surface area contributed by atoms with E-state index < -0.39 is 0 Å². The van der Waals surface area contributed by atoms with Gasteiger partial charge in [0.25, 0.3) is 5.91 Å². The summed E-state index contributed by atoms with van der Waals surface area (Å²) in [4.78, 5) is 17.0. The summed E-state index contributed by atoms with van der Waals surface area (Å²) in [6.45, 7) is 0.317. The topological polar surface area (TPSA) is 81.9 Å². The predicted octanol–water partition coefficient (Wildman–Crippen LogP) is 5.70. The van der Waals surface area contributed by atoms with Gasteiger partial charge in [0.05, 0.1) is 12.8 Å². The largest absolute Gasteiger partial charge is 0.495 e. The van der Waals surface area contributed by atoms with E-state index in [1.807, 2.05) is 59.2 Å². The Hall–Kier alpha value is -4.50. The molecule has 0 aliphatic heterocycles. The first-order chi connectivity index (χ1) is 18.6. The van der Waals surface area contributed by atoms with E-state index in [9.17, 15) is 9.18 Å². The van der Waals surface area contributed by atoms with E-state index in [0.717, 1.165) is 22.4 Å². The number of benzene rings is 3. The number of hydrogen-bond donors (Lipinski definition) is 1. The van der Waals surface area contributed by atoms with Crippen molar-refractivity contribution < 1.29 is 13.9 Å². The molecule has 0 spiro atoms. The highest BCUT2D eigenvalue weighted by molar-refractivity contribution is 7.98. The van der Waals surface area contributed by atoms with Gasteiger partial charge in [-0.3, -0.25) is 14.3 Å². The van der Waals surface area contributed by atoms with Gasteiger partial charge in [0.15, 0.2) is 11.0 Å². The standard InChI is InChI=1S/C29H24FN5O2S/c1-37-26-10-3-2-9-25(26)35-27(23-8-5-15-31-18-23)33-34-29(35)38-19-21-6-4-7-22(16-21)28(36)32-17-20-11-13-24(30)14-12-20/h2-16,18H,17,19H2,1H3,(H,32,36). The lowest BCUT2D eigenvalue weighted by atomic mass is 10.1. The zero-order valence-corrected chi connectivity index (χ0v) is 21.4. The molecule has 0 saturated heterocycles. The van der Waals surface area contributed by atoms with Gasteiger partial charge in [-0.15, -0.1) is 10.2 Å². The lowest BCUT2D eigenvalue weighted by molar-refractivity contribution is 0.0951. The van der Waals surface area contributed by atoms with Crippen molar-refractivity contribution in [2.75, 3.05) is 7.11 Å². The fraction of sp³-hybridized carbons (Fsp3) is 0.103. The molecule has 5 aromatic rings. The molecule has 0 fully saturated rings. The second-order valence-electron chi connectivity index (χ2n) is 8.35. The highest BCUT2D eigenvalue weighted by Gasteiger charge is 2.19. The summed E-state index contributed by atoms with van der Waals surface area (Å²) in [6.07, 6.45) is 3.46. The number of nitrogens with zero attached hydrogens (tertiary/aromatic N) is 4. The molecule has 0 unspecified atom stereocenters. The number of methoxy groups -OCH3 is 1. The normalized spacial score (nSPS) is 10.8. The van der Waals surface area contributed by atoms with Crippen LogP contribution in [0, 0.1) is 5.82 Å². The van der Waals surface area contributed by atoms with E-state index in [0.29, 0.717) is 34.6 Å². The smallest absolute Gasteiger partial charge is 0.251 e. The molecule has 0 aliphatic rings. The van der Waals surface area contributed by atoms with Gasteiger partial charge in [0.1, 0.15) is 11.6 Å². The maximum atomic E-state index is 13.1. The van der Waals surface area contributed by atoms with E-state index in [1.165, 1.54) is 23.9 Å². The summed E-state index contributed by atoms with van der Waals surface area (Å²) in [5.41, 5.74) is 3.98. The van der Waals surface area contributed by atoms with E-state index >= 15 is 0 Å². The molecule has 2 heterocycles. The lowest BCUT2D eigenvalue weighted by Gasteiger charge is -2.14. The number of halogens is 1. The molecular weight excluding hydrogens is 501 g/mol. The van der Waals surface area contributed by atoms with Crippen molar-refractivity contribution in [2.24, 2.45) is 0 Å². The van der Waals surface area contributed by atoms with Crippen molar-refractivity contribution in [1.82, 2.24) is 25.1 Å². The van der Waals surface area contributed by atoms with Crippen LogP contribution in [0.2, 0.25) is 0 Å². The molecular formula is C29H24FN5O2S. The van der Waals surface area contributed by atoms with Crippen molar-refractivity contribution in [3.63, 3.8) is 0 Å². The number of para-hydroxylation sites is 2. The van der Waals surface area contributed by atoms with Crippen LogP contribution in [-0.2, 0) is 12.3 Å². The third-order valence-corrected chi connectivity index (χ3v) is 6.80. The molecule has 9 heteroatoms. The molecule has 2 aromatic heterocycles. The Bertz CT molecular complexity index is 1540. The first-order valence-corrected chi connectivity index (χ1v) is 12.8. The van der Waals surface area contributed by atoms with E-state index in [4.69, 9.17) is 4.74 Å². The Balaban J connectivity index is 1.36. The number of rotatable bonds is 9. The van der Waals surface area contributed by atoms with Crippen LogP contribution in [0.5, 0.6) is 5.75 Å². The summed E-state index contributed by atoms with van der Waals surface area (Å²) in [5, 5.41) is 12.5. The van der Waals surface area contributed by atoms with Gasteiger partial charge in [-0.25, -0.2) is 4.39 Å². The Morgan fingerprint density at radius 2 is 1.82 bits per heavy atom. The highest BCUT2D eigenvalue weighted by atomic mass is 32.2. The summed E-state index contributed by atoms with van der Waals surface area (Å²) < 4.78 is 20.7. The molecule has 1 amide bonds. The molecule has 3 aromatic carbocycles. The van der Waals surface area contributed by atoms with Crippen LogP contribution >= 0.6 is 11.8 Å². The first-order valence-electron chi connectivity index (χ1n) is 11.9. The van der Waals surface area contributed by atoms with Crippen LogP contribution in [0.15, 0.2) is 102 Å². The second kappa shape index (κ2) is 11.7. The number of aromatic nitrogens is 4. The number of pyridine rings is 1. The molecule has 1 N–H and O–H groups in total. The van der Waals surface area contributed by atoms with Crippen molar-refractivity contribution in [3.05, 3.63) is 120 Å². The van der Waals surface area contributed by atoms with Crippen LogP contribution in [-0.4, -0.2) is 32.8 Å². The van der Waals surface area contributed by atoms with Gasteiger partial charge >= 0.3 is 0 Å². The lowest BCUT2D eigenvalue weighted by Crippen LogP contribution is -2.22. The first kappa shape index (κ1) is 25.2. The Morgan fingerprint density at radius 3 is 2.61 bits per heavy atom. The third-order valence-electron chi connectivity index (χ3n) is 5.80. The van der Waals surface area contributed by atoms with Gasteiger partial charge in [-0.05, 0) is 59.7 Å². The summed E-state index contributed by atoms with van der Waals surface area (Å²) >= 11 is 1.51. The molecule has 0 aliphatic carbocycles. The van der Waals surface area contributed by atoms with Crippen molar-refractivity contribution >= 4 is 17.7 Å². The van der Waals surface area contributed by atoms with Gasteiger partial charge < -0.3 is 10.1 Å². The number of hydrogen-bond acceptors (Lipinski definition) is 6. The summed E-state index contributed by atoms with van der Waals surface area (Å²) in [5.74, 6) is 1.41. The van der Waals surface area contributed by atoms with Crippen molar-refractivity contribution in [1.29, 1.82) is 0 Å². The minimum absolute atomic E-state index is 0.197. The number of nitrogens with one attached hydrogen (secondary N) is 1. The van der Waals surface area contributed by atoms with Crippen LogP contribution in [0.1, 0.15) is 21.5 Å². The van der Waals surface area contributed by atoms with Gasteiger partial charge in [-0.2, -0.15) is 0 Å². The maximum absolute atomic E-state index is 13.1. The van der Waals surface area contributed by atoms with Crippen LogP contribution < -0.4 is 10.1 Å². The number of ether oxygens (including phenoxy) is 1. The molecule has 38 heavy (non-hydrogen) atoms. The van der Waals surface area contributed by atoms with Crippen molar-refractivity contribution in [2.45, 2.75) is 17.5 Å². The second-order valence-corrected chi connectivity index (χ2v) is 9.30. The maximum Gasteiger partial charge on any atom is 0.251 e. The van der Waals surface area contributed by atoms with E-state index in [-0.39, 0.29) is 11.7 Å². The molecule has 0 atom stereocenters. The van der Waals surface area contributed by atoms with E-state index in [1.54, 1.807) is 37.7 Å². The zero-order chi connectivity index (χ0) is 26.3. The van der Waals surface area contributed by atoms with Crippen LogP contribution in [0.25, 0.3) is 17.1 Å². The third kappa shape index (κ3) is 5.73. The zero-order valence-electron chi connectivity index (χ0n) is 20.5. The Morgan fingerprint density at radius 1 is 0.974 bits per heavy atom. The number of carbonyl (C=O) groups is 1. The minimum Gasteiger partial charge on any atom is -0.495 e. The molecule has 0 radical (unpaired) electrons. The minimum atomic E-state index is -0.306. The average molecular weight is 526 g/mol. The number of amides is 1. The van der Waals surface area contributed by atoms with Crippen molar-refractivity contribution in [3.8, 4) is 22.8 Å². The number of thioether (sulfide) groups is 1. The predicted molar refractivity (Wildman–Crippen MR) is 145 cm³/mol. The quantitative estimate of drug-likeness (QED) is 0.249. The summed E-state index contributed by atoms with van der Waals surface area (Å²) in [7, 11) is 1.63. The molecule has 0 bridgehead atoms. The van der Waals surface area contributed by atoms with E-state index in [2.05, 4.69) is 20.5 Å². The van der Waals surface area contributed by atoms with Gasteiger partial charge in [0.2, 0.25) is 0 Å². The molecule has 5 rings (SSSR count). The highest BCUT2D eigenvalue weighted by Crippen LogP contribution is 2.33. The fourth-order valence-electron chi connectivity index (χ4n) is 3.91. The average Bonchev–Trinajstić information content (AvgIpc) is 3.40. The summed E-state index contributed by atoms with van der Waals surface area (Å²) in [6, 6.07) is 25.0. The molecule has 0 saturated carbocycles. The molecule has 190 valence electrons. The Labute approximate surface area is 223 Å². The number of carbonyl (C=O) groups excluding carboxylic acids is 1. The fourth-order valence-corrected chi connectivity index (χ4v) is 4.80. The van der Waals surface area contributed by atoms with Gasteiger partial charge in [-0.1, -0.05) is 48.2 Å². The monoisotopic (exact) mass is 525 g/mol. The molecule has 7 nitrogen and oxygen atoms in total. The van der Waals surface area contributed by atoms with Gasteiger partial charge in [0, 0.05) is 35.8 Å².